The molecule has 0 unspecified atom stereocenters. The molecule has 32 heavy (non-hydrogen) atoms. The van der Waals surface area contributed by atoms with E-state index in [1.54, 1.807) is 12.1 Å². The standard InChI is InChI=1S/C22H23ClN6O3/c1-2-32-19-9-4-3-8-18(19)26-21-20(29(30)31)22(25-15-24-21)28-12-10-27(11-13-28)17-7-5-6-16(23)14-17/h3-9,14-15H,2,10-13H2,1H3,(H,24,25,26). The molecule has 9 nitrogen and oxygen atoms in total. The smallest absolute Gasteiger partial charge is 0.353 e. The fraction of sp³-hybridized carbons (Fsp3) is 0.273. The number of benzene rings is 2. The Hall–Kier alpha value is -3.59. The lowest BCUT2D eigenvalue weighted by atomic mass is 10.2. The van der Waals surface area contributed by atoms with Crippen LogP contribution in [0.5, 0.6) is 5.75 Å². The molecule has 1 aliphatic heterocycles. The predicted octanol–water partition coefficient (Wildman–Crippen LogP) is 4.51. The van der Waals surface area contributed by atoms with E-state index in [-0.39, 0.29) is 11.5 Å². The van der Waals surface area contributed by atoms with Gasteiger partial charge in [0, 0.05) is 36.9 Å². The summed E-state index contributed by atoms with van der Waals surface area (Å²) in [6.45, 7) is 4.91. The van der Waals surface area contributed by atoms with E-state index in [0.717, 1.165) is 5.69 Å². The second kappa shape index (κ2) is 9.69. The van der Waals surface area contributed by atoms with Crippen LogP contribution in [-0.2, 0) is 0 Å². The van der Waals surface area contributed by atoms with Crippen LogP contribution in [0.2, 0.25) is 5.02 Å². The van der Waals surface area contributed by atoms with Crippen LogP contribution >= 0.6 is 11.6 Å². The first-order chi connectivity index (χ1) is 15.6. The van der Waals surface area contributed by atoms with Crippen LogP contribution in [0.15, 0.2) is 54.9 Å². The Balaban J connectivity index is 1.57. The molecule has 0 spiro atoms. The maximum absolute atomic E-state index is 12.0. The van der Waals surface area contributed by atoms with Crippen molar-refractivity contribution in [3.05, 3.63) is 70.0 Å². The molecule has 1 saturated heterocycles. The van der Waals surface area contributed by atoms with Gasteiger partial charge in [-0.15, -0.1) is 0 Å². The quantitative estimate of drug-likeness (QED) is 0.411. The fourth-order valence-corrected chi connectivity index (χ4v) is 3.87. The number of rotatable bonds is 7. The van der Waals surface area contributed by atoms with Gasteiger partial charge in [-0.3, -0.25) is 10.1 Å². The lowest BCUT2D eigenvalue weighted by Gasteiger charge is -2.36. The van der Waals surface area contributed by atoms with Crippen LogP contribution < -0.4 is 19.9 Å². The monoisotopic (exact) mass is 454 g/mol. The summed E-state index contributed by atoms with van der Waals surface area (Å²) >= 11 is 6.11. The topological polar surface area (TPSA) is 96.7 Å². The van der Waals surface area contributed by atoms with Gasteiger partial charge in [-0.1, -0.05) is 29.8 Å². The van der Waals surface area contributed by atoms with E-state index >= 15 is 0 Å². The van der Waals surface area contributed by atoms with E-state index in [1.807, 2.05) is 48.2 Å². The van der Waals surface area contributed by atoms with Gasteiger partial charge in [-0.2, -0.15) is 0 Å². The Morgan fingerprint density at radius 2 is 1.84 bits per heavy atom. The van der Waals surface area contributed by atoms with E-state index in [9.17, 15) is 10.1 Å². The number of para-hydroxylation sites is 2. The molecule has 1 aliphatic rings. The Kier molecular flexibility index (Phi) is 6.55. The molecular formula is C22H23ClN6O3. The van der Waals surface area contributed by atoms with E-state index in [0.29, 0.717) is 55.1 Å². The summed E-state index contributed by atoms with van der Waals surface area (Å²) in [5.74, 6) is 1.02. The van der Waals surface area contributed by atoms with Crippen molar-refractivity contribution in [3.8, 4) is 5.75 Å². The van der Waals surface area contributed by atoms with E-state index in [4.69, 9.17) is 16.3 Å². The van der Waals surface area contributed by atoms with Gasteiger partial charge in [0.15, 0.2) is 0 Å². The first kappa shape index (κ1) is 21.6. The van der Waals surface area contributed by atoms with Crippen molar-refractivity contribution >= 4 is 40.3 Å². The van der Waals surface area contributed by atoms with Crippen LogP contribution in [0.1, 0.15) is 6.92 Å². The normalized spacial score (nSPS) is 13.7. The van der Waals surface area contributed by atoms with E-state index in [2.05, 4.69) is 20.2 Å². The van der Waals surface area contributed by atoms with Gasteiger partial charge >= 0.3 is 5.69 Å². The molecule has 0 bridgehead atoms. The number of hydrogen-bond acceptors (Lipinski definition) is 8. The highest BCUT2D eigenvalue weighted by atomic mass is 35.5. The molecule has 0 saturated carbocycles. The molecule has 0 amide bonds. The SMILES string of the molecule is CCOc1ccccc1Nc1ncnc(N2CCN(c3cccc(Cl)c3)CC2)c1[N+](=O)[O-]. The third-order valence-electron chi connectivity index (χ3n) is 5.18. The molecular weight excluding hydrogens is 432 g/mol. The summed E-state index contributed by atoms with van der Waals surface area (Å²) < 4.78 is 5.62. The zero-order chi connectivity index (χ0) is 22.5. The summed E-state index contributed by atoms with van der Waals surface area (Å²) in [6, 6.07) is 14.9. The number of nitrogens with zero attached hydrogens (tertiary/aromatic N) is 5. The number of hydrogen-bond donors (Lipinski definition) is 1. The lowest BCUT2D eigenvalue weighted by molar-refractivity contribution is -0.383. The highest BCUT2D eigenvalue weighted by molar-refractivity contribution is 6.30. The van der Waals surface area contributed by atoms with Crippen LogP contribution in [0.25, 0.3) is 0 Å². The van der Waals surface area contributed by atoms with Crippen molar-refractivity contribution < 1.29 is 9.66 Å². The summed E-state index contributed by atoms with van der Waals surface area (Å²) in [4.78, 5) is 24.1. The predicted molar refractivity (Wildman–Crippen MR) is 125 cm³/mol. The Labute approximate surface area is 190 Å². The lowest BCUT2D eigenvalue weighted by Crippen LogP contribution is -2.47. The molecule has 2 heterocycles. The average Bonchev–Trinajstić information content (AvgIpc) is 2.80. The Morgan fingerprint density at radius 1 is 1.09 bits per heavy atom. The molecule has 0 aliphatic carbocycles. The fourth-order valence-electron chi connectivity index (χ4n) is 3.69. The first-order valence-electron chi connectivity index (χ1n) is 10.3. The third kappa shape index (κ3) is 4.67. The summed E-state index contributed by atoms with van der Waals surface area (Å²) in [7, 11) is 0. The first-order valence-corrected chi connectivity index (χ1v) is 10.7. The summed E-state index contributed by atoms with van der Waals surface area (Å²) in [5, 5.41) is 15.8. The zero-order valence-electron chi connectivity index (χ0n) is 17.6. The van der Waals surface area contributed by atoms with Crippen LogP contribution in [-0.4, -0.2) is 47.7 Å². The van der Waals surface area contributed by atoms with Gasteiger partial charge in [-0.05, 0) is 37.3 Å². The number of nitro groups is 1. The molecule has 10 heteroatoms. The molecule has 4 rings (SSSR count). The van der Waals surface area contributed by atoms with Crippen LogP contribution in [0.4, 0.5) is 28.7 Å². The maximum Gasteiger partial charge on any atom is 0.353 e. The van der Waals surface area contributed by atoms with Crippen LogP contribution in [0, 0.1) is 10.1 Å². The molecule has 2 aromatic carbocycles. The molecule has 1 aromatic heterocycles. The largest absolute Gasteiger partial charge is 0.492 e. The van der Waals surface area contributed by atoms with Gasteiger partial charge in [-0.25, -0.2) is 9.97 Å². The number of nitrogens with one attached hydrogen (secondary N) is 1. The summed E-state index contributed by atoms with van der Waals surface area (Å²) in [6.07, 6.45) is 1.34. The summed E-state index contributed by atoms with van der Waals surface area (Å²) in [5.41, 5.74) is 1.48. The molecule has 1 N–H and O–H groups in total. The van der Waals surface area contributed by atoms with Crippen molar-refractivity contribution in [1.82, 2.24) is 9.97 Å². The maximum atomic E-state index is 12.0. The molecule has 0 atom stereocenters. The highest BCUT2D eigenvalue weighted by Crippen LogP contribution is 2.36. The second-order valence-electron chi connectivity index (χ2n) is 7.16. The minimum absolute atomic E-state index is 0.129. The van der Waals surface area contributed by atoms with Gasteiger partial charge in [0.1, 0.15) is 12.1 Å². The van der Waals surface area contributed by atoms with E-state index in [1.165, 1.54) is 6.33 Å². The third-order valence-corrected chi connectivity index (χ3v) is 5.41. The second-order valence-corrected chi connectivity index (χ2v) is 7.60. The van der Waals surface area contributed by atoms with Gasteiger partial charge in [0.2, 0.25) is 11.6 Å². The Bertz CT molecular complexity index is 1100. The minimum Gasteiger partial charge on any atom is -0.492 e. The molecule has 1 fully saturated rings. The van der Waals surface area contributed by atoms with Gasteiger partial charge in [0.05, 0.1) is 17.2 Å². The van der Waals surface area contributed by atoms with Gasteiger partial charge in [0.25, 0.3) is 0 Å². The minimum atomic E-state index is -0.440. The van der Waals surface area contributed by atoms with E-state index < -0.39 is 4.92 Å². The van der Waals surface area contributed by atoms with Crippen molar-refractivity contribution in [3.63, 3.8) is 0 Å². The number of anilines is 4. The van der Waals surface area contributed by atoms with Crippen molar-refractivity contribution in [2.45, 2.75) is 6.92 Å². The zero-order valence-corrected chi connectivity index (χ0v) is 18.3. The Morgan fingerprint density at radius 3 is 2.56 bits per heavy atom. The molecule has 166 valence electrons. The number of ether oxygens (including phenoxy) is 1. The highest BCUT2D eigenvalue weighted by Gasteiger charge is 2.29. The molecule has 3 aromatic rings. The van der Waals surface area contributed by atoms with Crippen LogP contribution in [0.3, 0.4) is 0 Å². The average molecular weight is 455 g/mol. The van der Waals surface area contributed by atoms with Gasteiger partial charge < -0.3 is 19.9 Å². The number of halogens is 1. The van der Waals surface area contributed by atoms with Crippen molar-refractivity contribution in [1.29, 1.82) is 0 Å². The molecule has 0 radical (unpaired) electrons. The van der Waals surface area contributed by atoms with Crippen molar-refractivity contribution in [2.75, 3.05) is 47.9 Å². The number of aromatic nitrogens is 2. The van der Waals surface area contributed by atoms with Crippen molar-refractivity contribution in [2.24, 2.45) is 0 Å². The number of piperazine rings is 1.